The lowest BCUT2D eigenvalue weighted by atomic mass is 10.1. The van der Waals surface area contributed by atoms with E-state index in [4.69, 9.17) is 27.9 Å². The van der Waals surface area contributed by atoms with E-state index < -0.39 is 34.1 Å². The molecular weight excluding hydrogens is 641 g/mol. The number of hydrogen-bond donors (Lipinski definition) is 1. The first-order valence-corrected chi connectivity index (χ1v) is 17.6. The highest BCUT2D eigenvalue weighted by Gasteiger charge is 2.35. The van der Waals surface area contributed by atoms with Gasteiger partial charge in [-0.25, -0.2) is 8.42 Å². The van der Waals surface area contributed by atoms with Crippen molar-refractivity contribution in [1.82, 2.24) is 10.2 Å². The molecule has 0 bridgehead atoms. The molecule has 0 aliphatic carbocycles. The van der Waals surface area contributed by atoms with E-state index in [2.05, 4.69) is 5.32 Å². The van der Waals surface area contributed by atoms with Crippen molar-refractivity contribution in [1.29, 1.82) is 0 Å². The zero-order valence-corrected chi connectivity index (χ0v) is 28.9. The van der Waals surface area contributed by atoms with E-state index in [1.165, 1.54) is 28.8 Å². The van der Waals surface area contributed by atoms with Gasteiger partial charge in [0.1, 0.15) is 18.3 Å². The van der Waals surface area contributed by atoms with Gasteiger partial charge in [-0.15, -0.1) is 11.8 Å². The molecule has 0 aliphatic rings. The topological polar surface area (TPSA) is 96.0 Å². The third-order valence-corrected chi connectivity index (χ3v) is 9.88. The van der Waals surface area contributed by atoms with E-state index in [0.29, 0.717) is 28.0 Å². The summed E-state index contributed by atoms with van der Waals surface area (Å²) in [6.45, 7) is 8.92. The van der Waals surface area contributed by atoms with E-state index in [1.807, 2.05) is 34.0 Å². The molecule has 0 saturated heterocycles. The fourth-order valence-corrected chi connectivity index (χ4v) is 6.84. The molecule has 8 nitrogen and oxygen atoms in total. The zero-order valence-electron chi connectivity index (χ0n) is 25.8. The van der Waals surface area contributed by atoms with Gasteiger partial charge in [-0.1, -0.05) is 36.2 Å². The maximum absolute atomic E-state index is 14.3. The second-order valence-electron chi connectivity index (χ2n) is 11.0. The number of nitrogens with one attached hydrogen (secondary N) is 1. The van der Waals surface area contributed by atoms with Crippen LogP contribution in [0.3, 0.4) is 0 Å². The summed E-state index contributed by atoms with van der Waals surface area (Å²) in [6.07, 6.45) is 2.16. The lowest BCUT2D eigenvalue weighted by molar-refractivity contribution is -0.141. The first kappa shape index (κ1) is 35.6. The van der Waals surface area contributed by atoms with Gasteiger partial charge in [-0.3, -0.25) is 13.9 Å². The molecule has 44 heavy (non-hydrogen) atoms. The van der Waals surface area contributed by atoms with Crippen molar-refractivity contribution >= 4 is 62.5 Å². The molecule has 0 saturated carbocycles. The molecular formula is C32H39Cl2N3O5S2. The van der Waals surface area contributed by atoms with Crippen LogP contribution in [0.25, 0.3) is 0 Å². The molecule has 0 spiro atoms. The van der Waals surface area contributed by atoms with E-state index in [0.717, 1.165) is 9.20 Å². The summed E-state index contributed by atoms with van der Waals surface area (Å²) in [5, 5.41) is 3.59. The number of amides is 2. The van der Waals surface area contributed by atoms with Crippen LogP contribution in [0.1, 0.15) is 46.6 Å². The summed E-state index contributed by atoms with van der Waals surface area (Å²) in [4.78, 5) is 30.1. The molecule has 1 atom stereocenters. The minimum atomic E-state index is -4.22. The van der Waals surface area contributed by atoms with Crippen LogP contribution in [0.2, 0.25) is 10.0 Å². The SMILES string of the molecule is CCOc1ccc(N(CC(=O)N(Cc2c(Cl)cccc2Cl)C(CC)C(=O)NC(C)(C)C)S(=O)(=O)c2ccc(SC)cc2)cc1. The molecule has 1 N–H and O–H groups in total. The van der Waals surface area contributed by atoms with Crippen LogP contribution in [-0.2, 0) is 26.2 Å². The van der Waals surface area contributed by atoms with Crippen LogP contribution in [0.5, 0.6) is 5.75 Å². The van der Waals surface area contributed by atoms with E-state index in [9.17, 15) is 18.0 Å². The predicted octanol–water partition coefficient (Wildman–Crippen LogP) is 7.03. The molecule has 0 aromatic heterocycles. The van der Waals surface area contributed by atoms with Gasteiger partial charge in [0.25, 0.3) is 10.0 Å². The predicted molar refractivity (Wildman–Crippen MR) is 179 cm³/mol. The van der Waals surface area contributed by atoms with Gasteiger partial charge < -0.3 is 15.0 Å². The van der Waals surface area contributed by atoms with Crippen molar-refractivity contribution in [3.8, 4) is 5.75 Å². The highest BCUT2D eigenvalue weighted by atomic mass is 35.5. The molecule has 3 aromatic carbocycles. The molecule has 238 valence electrons. The van der Waals surface area contributed by atoms with E-state index in [1.54, 1.807) is 61.5 Å². The average molecular weight is 681 g/mol. The molecule has 0 fully saturated rings. The quantitative estimate of drug-likeness (QED) is 0.195. The third kappa shape index (κ3) is 9.06. The number of carbonyl (C=O) groups excluding carboxylic acids is 2. The Hall–Kier alpha value is -2.92. The summed E-state index contributed by atoms with van der Waals surface area (Å²) >= 11 is 14.5. The molecule has 3 aromatic rings. The minimum Gasteiger partial charge on any atom is -0.494 e. The van der Waals surface area contributed by atoms with Gasteiger partial charge in [0.15, 0.2) is 0 Å². The first-order valence-electron chi connectivity index (χ1n) is 14.2. The van der Waals surface area contributed by atoms with Gasteiger partial charge in [-0.05, 0) is 101 Å². The smallest absolute Gasteiger partial charge is 0.264 e. The number of rotatable bonds is 13. The Morgan fingerprint density at radius 1 is 0.955 bits per heavy atom. The van der Waals surface area contributed by atoms with Crippen molar-refractivity contribution in [2.24, 2.45) is 0 Å². The minimum absolute atomic E-state index is 0.0233. The van der Waals surface area contributed by atoms with Gasteiger partial charge in [-0.2, -0.15) is 0 Å². The Morgan fingerprint density at radius 3 is 2.05 bits per heavy atom. The number of anilines is 1. The molecule has 1 unspecified atom stereocenters. The van der Waals surface area contributed by atoms with Crippen LogP contribution in [0.15, 0.2) is 76.5 Å². The average Bonchev–Trinajstić information content (AvgIpc) is 2.97. The first-order chi connectivity index (χ1) is 20.7. The van der Waals surface area contributed by atoms with Gasteiger partial charge in [0.05, 0.1) is 17.2 Å². The summed E-state index contributed by atoms with van der Waals surface area (Å²) in [5.74, 6) is -0.418. The standard InChI is InChI=1S/C32H39Cl2N3O5S2/c1-7-29(31(39)35-32(3,4)5)36(20-26-27(33)10-9-11-28(26)34)30(38)21-37(22-12-14-23(15-13-22)42-8-2)44(40,41)25-18-16-24(43-6)17-19-25/h9-19,29H,7-8,20-21H2,1-6H3,(H,35,39). The van der Waals surface area contributed by atoms with Gasteiger partial charge >= 0.3 is 0 Å². The normalized spacial score (nSPS) is 12.4. The second kappa shape index (κ2) is 15.4. The van der Waals surface area contributed by atoms with Crippen LogP contribution in [-0.4, -0.2) is 56.1 Å². The fourth-order valence-electron chi connectivity index (χ4n) is 4.51. The Kier molecular flexibility index (Phi) is 12.4. The van der Waals surface area contributed by atoms with Crippen molar-refractivity contribution in [2.75, 3.05) is 23.7 Å². The number of nitrogens with zero attached hydrogens (tertiary/aromatic N) is 2. The van der Waals surface area contributed by atoms with Crippen molar-refractivity contribution in [3.63, 3.8) is 0 Å². The lowest BCUT2D eigenvalue weighted by Gasteiger charge is -2.35. The number of thioether (sulfide) groups is 1. The highest BCUT2D eigenvalue weighted by Crippen LogP contribution is 2.30. The number of sulfonamides is 1. The lowest BCUT2D eigenvalue weighted by Crippen LogP contribution is -2.55. The maximum Gasteiger partial charge on any atom is 0.264 e. The molecule has 2 amide bonds. The van der Waals surface area contributed by atoms with E-state index in [-0.39, 0.29) is 29.5 Å². The summed E-state index contributed by atoms with van der Waals surface area (Å²) < 4.78 is 34.8. The summed E-state index contributed by atoms with van der Waals surface area (Å²) in [7, 11) is -4.22. The van der Waals surface area contributed by atoms with Crippen LogP contribution >= 0.6 is 35.0 Å². The van der Waals surface area contributed by atoms with Crippen LogP contribution < -0.4 is 14.4 Å². The van der Waals surface area contributed by atoms with Crippen molar-refractivity contribution in [3.05, 3.63) is 82.3 Å². The second-order valence-corrected chi connectivity index (χ2v) is 14.6. The van der Waals surface area contributed by atoms with Gasteiger partial charge in [0, 0.05) is 32.6 Å². The Morgan fingerprint density at radius 2 is 1.55 bits per heavy atom. The Bertz CT molecular complexity index is 1520. The molecule has 12 heteroatoms. The van der Waals surface area contributed by atoms with Crippen LogP contribution in [0, 0.1) is 0 Å². The summed E-state index contributed by atoms with van der Waals surface area (Å²) in [5.41, 5.74) is 0.148. The number of carbonyl (C=O) groups is 2. The number of halogens is 2. The Labute approximate surface area is 275 Å². The van der Waals surface area contributed by atoms with Crippen LogP contribution in [0.4, 0.5) is 5.69 Å². The number of benzene rings is 3. The number of ether oxygens (including phenoxy) is 1. The molecule has 0 radical (unpaired) electrons. The summed E-state index contributed by atoms with van der Waals surface area (Å²) in [6, 6.07) is 17.0. The fraction of sp³-hybridized carbons (Fsp3) is 0.375. The van der Waals surface area contributed by atoms with Crippen molar-refractivity contribution < 1.29 is 22.7 Å². The molecule has 0 aliphatic heterocycles. The zero-order chi connectivity index (χ0) is 32.7. The Balaban J connectivity index is 2.12. The largest absolute Gasteiger partial charge is 0.494 e. The highest BCUT2D eigenvalue weighted by molar-refractivity contribution is 7.98. The van der Waals surface area contributed by atoms with E-state index >= 15 is 0 Å². The number of hydrogen-bond acceptors (Lipinski definition) is 6. The molecule has 3 rings (SSSR count). The van der Waals surface area contributed by atoms with Gasteiger partial charge in [0.2, 0.25) is 11.8 Å². The molecule has 0 heterocycles. The maximum atomic E-state index is 14.3. The van der Waals surface area contributed by atoms with Crippen molar-refractivity contribution in [2.45, 2.75) is 69.0 Å². The third-order valence-electron chi connectivity index (χ3n) is 6.64. The monoisotopic (exact) mass is 679 g/mol.